The Hall–Kier alpha value is -2.30. The number of hydrogen-bond acceptors (Lipinski definition) is 3. The Morgan fingerprint density at radius 3 is 2.65 bits per heavy atom. The first-order valence-corrected chi connectivity index (χ1v) is 8.99. The smallest absolute Gasteiger partial charge is 0.257 e. The highest BCUT2D eigenvalue weighted by Crippen LogP contribution is 2.37. The summed E-state index contributed by atoms with van der Waals surface area (Å²) in [5.74, 6) is 0.153. The summed E-state index contributed by atoms with van der Waals surface area (Å²) in [5, 5.41) is 4.40. The third-order valence-electron chi connectivity index (χ3n) is 3.90. The average Bonchev–Trinajstić information content (AvgIpc) is 2.62. The van der Waals surface area contributed by atoms with Crippen molar-refractivity contribution in [3.8, 4) is 5.75 Å². The molecule has 0 bridgehead atoms. The molecule has 26 heavy (non-hydrogen) atoms. The Bertz CT molecular complexity index is 930. The quantitative estimate of drug-likeness (QED) is 0.671. The van der Waals surface area contributed by atoms with E-state index < -0.39 is 0 Å². The topological polar surface area (TPSA) is 51.2 Å². The predicted octanol–water partition coefficient (Wildman–Crippen LogP) is 4.59. The van der Waals surface area contributed by atoms with E-state index in [1.165, 1.54) is 5.56 Å². The molecule has 3 rings (SSSR count). The van der Waals surface area contributed by atoms with Gasteiger partial charge in [-0.25, -0.2) is 4.98 Å². The van der Waals surface area contributed by atoms with Crippen molar-refractivity contribution in [3.63, 3.8) is 0 Å². The van der Waals surface area contributed by atoms with E-state index in [-0.39, 0.29) is 12.5 Å². The van der Waals surface area contributed by atoms with Crippen molar-refractivity contribution in [2.45, 2.75) is 13.3 Å². The number of nitrogens with one attached hydrogen (secondary N) is 1. The summed E-state index contributed by atoms with van der Waals surface area (Å²) < 4.78 is 5.66. The molecule has 1 heterocycles. The second-order valence-electron chi connectivity index (χ2n) is 5.89. The molecule has 4 nitrogen and oxygen atoms in total. The number of fused-ring (bicyclic) bond motifs is 1. The van der Waals surface area contributed by atoms with Gasteiger partial charge in [0.1, 0.15) is 5.52 Å². The maximum atomic E-state index is 12.1. The number of benzene rings is 2. The highest BCUT2D eigenvalue weighted by Gasteiger charge is 2.14. The van der Waals surface area contributed by atoms with Gasteiger partial charge in [-0.1, -0.05) is 53.5 Å². The Morgan fingerprint density at radius 1 is 1.12 bits per heavy atom. The standard InChI is InChI=1S/C20H18Cl2N2O2/c1-13-7-8-15-16(21)11-17(22)20(19(15)24-13)26-12-18(25)23-10-9-14-5-3-2-4-6-14/h2-8,11H,9-10,12H2,1H3,(H,23,25). The molecule has 1 amide bonds. The monoisotopic (exact) mass is 388 g/mol. The Morgan fingerprint density at radius 2 is 1.88 bits per heavy atom. The lowest BCUT2D eigenvalue weighted by molar-refractivity contribution is -0.123. The molecule has 0 atom stereocenters. The first-order valence-electron chi connectivity index (χ1n) is 8.23. The minimum absolute atomic E-state index is 0.138. The van der Waals surface area contributed by atoms with Gasteiger partial charge in [0.05, 0.1) is 10.0 Å². The zero-order chi connectivity index (χ0) is 18.5. The molecule has 1 aromatic heterocycles. The number of ether oxygens (including phenoxy) is 1. The SMILES string of the molecule is Cc1ccc2c(Cl)cc(Cl)c(OCC(=O)NCCc3ccccc3)c2n1. The number of halogens is 2. The van der Waals surface area contributed by atoms with Crippen LogP contribution in [0.5, 0.6) is 5.75 Å². The van der Waals surface area contributed by atoms with E-state index in [2.05, 4.69) is 10.3 Å². The summed E-state index contributed by atoms with van der Waals surface area (Å²) in [6.45, 7) is 2.27. The van der Waals surface area contributed by atoms with Crippen molar-refractivity contribution in [3.05, 3.63) is 69.8 Å². The van der Waals surface area contributed by atoms with Crippen molar-refractivity contribution in [2.24, 2.45) is 0 Å². The number of hydrogen-bond donors (Lipinski definition) is 1. The van der Waals surface area contributed by atoms with Gasteiger partial charge in [0.2, 0.25) is 0 Å². The van der Waals surface area contributed by atoms with E-state index in [1.807, 2.05) is 49.4 Å². The zero-order valence-electron chi connectivity index (χ0n) is 14.3. The summed E-state index contributed by atoms with van der Waals surface area (Å²) in [7, 11) is 0. The lowest BCUT2D eigenvalue weighted by atomic mass is 10.1. The van der Waals surface area contributed by atoms with E-state index in [0.717, 1.165) is 17.5 Å². The van der Waals surface area contributed by atoms with Gasteiger partial charge in [-0.05, 0) is 37.1 Å². The Kier molecular flexibility index (Phi) is 5.96. The lowest BCUT2D eigenvalue weighted by Crippen LogP contribution is -2.30. The fourth-order valence-electron chi connectivity index (χ4n) is 2.61. The highest BCUT2D eigenvalue weighted by atomic mass is 35.5. The number of amides is 1. The summed E-state index contributed by atoms with van der Waals surface area (Å²) in [5.41, 5.74) is 2.53. The lowest BCUT2D eigenvalue weighted by Gasteiger charge is -2.12. The van der Waals surface area contributed by atoms with Crippen LogP contribution in [0.2, 0.25) is 10.0 Å². The van der Waals surface area contributed by atoms with Crippen LogP contribution in [0.1, 0.15) is 11.3 Å². The molecule has 0 saturated carbocycles. The van der Waals surface area contributed by atoms with Gasteiger partial charge in [-0.3, -0.25) is 4.79 Å². The highest BCUT2D eigenvalue weighted by molar-refractivity contribution is 6.39. The van der Waals surface area contributed by atoms with E-state index >= 15 is 0 Å². The van der Waals surface area contributed by atoms with Crippen LogP contribution in [0.4, 0.5) is 0 Å². The summed E-state index contributed by atoms with van der Waals surface area (Å²) in [6.07, 6.45) is 0.762. The summed E-state index contributed by atoms with van der Waals surface area (Å²) in [4.78, 5) is 16.5. The molecule has 0 unspecified atom stereocenters. The first-order chi connectivity index (χ1) is 12.5. The predicted molar refractivity (Wildman–Crippen MR) is 105 cm³/mol. The van der Waals surface area contributed by atoms with Crippen molar-refractivity contribution < 1.29 is 9.53 Å². The van der Waals surface area contributed by atoms with Crippen molar-refractivity contribution >= 4 is 40.0 Å². The molecule has 0 spiro atoms. The number of carbonyl (C=O) groups is 1. The molecule has 134 valence electrons. The van der Waals surface area contributed by atoms with Crippen LogP contribution in [0.25, 0.3) is 10.9 Å². The molecular weight excluding hydrogens is 371 g/mol. The molecule has 0 aliphatic carbocycles. The van der Waals surface area contributed by atoms with Gasteiger partial charge in [-0.2, -0.15) is 0 Å². The van der Waals surface area contributed by atoms with E-state index in [0.29, 0.717) is 27.9 Å². The molecule has 0 radical (unpaired) electrons. The van der Waals surface area contributed by atoms with Crippen LogP contribution < -0.4 is 10.1 Å². The van der Waals surface area contributed by atoms with Gasteiger partial charge < -0.3 is 10.1 Å². The number of aromatic nitrogens is 1. The molecule has 6 heteroatoms. The van der Waals surface area contributed by atoms with Gasteiger partial charge in [0.25, 0.3) is 5.91 Å². The Balaban J connectivity index is 1.64. The second-order valence-corrected chi connectivity index (χ2v) is 6.71. The number of rotatable bonds is 6. The third kappa shape index (κ3) is 4.45. The minimum Gasteiger partial charge on any atom is -0.480 e. The van der Waals surface area contributed by atoms with Crippen LogP contribution in [-0.4, -0.2) is 24.0 Å². The number of nitrogens with zero attached hydrogens (tertiary/aromatic N) is 1. The normalized spacial score (nSPS) is 10.7. The molecule has 1 N–H and O–H groups in total. The molecule has 3 aromatic rings. The van der Waals surface area contributed by atoms with E-state index in [1.54, 1.807) is 6.07 Å². The summed E-state index contributed by atoms with van der Waals surface area (Å²) >= 11 is 12.5. The molecule has 0 fully saturated rings. The zero-order valence-corrected chi connectivity index (χ0v) is 15.8. The van der Waals surface area contributed by atoms with Gasteiger partial charge in [0.15, 0.2) is 12.4 Å². The van der Waals surface area contributed by atoms with Crippen LogP contribution in [-0.2, 0) is 11.2 Å². The van der Waals surface area contributed by atoms with Crippen LogP contribution in [0, 0.1) is 6.92 Å². The molecule has 0 aliphatic rings. The van der Waals surface area contributed by atoms with Crippen LogP contribution >= 0.6 is 23.2 Å². The maximum Gasteiger partial charge on any atom is 0.257 e. The first kappa shape index (κ1) is 18.5. The molecule has 0 aliphatic heterocycles. The van der Waals surface area contributed by atoms with E-state index in [4.69, 9.17) is 27.9 Å². The molecule has 0 saturated heterocycles. The number of pyridine rings is 1. The Labute approximate surface area is 162 Å². The third-order valence-corrected chi connectivity index (χ3v) is 4.50. The fourth-order valence-corrected chi connectivity index (χ4v) is 3.18. The molecular formula is C20H18Cl2N2O2. The largest absolute Gasteiger partial charge is 0.480 e. The van der Waals surface area contributed by atoms with Crippen molar-refractivity contribution in [2.75, 3.05) is 13.2 Å². The van der Waals surface area contributed by atoms with Crippen LogP contribution in [0.3, 0.4) is 0 Å². The average molecular weight is 389 g/mol. The molecule has 2 aromatic carbocycles. The maximum absolute atomic E-state index is 12.1. The van der Waals surface area contributed by atoms with Gasteiger partial charge >= 0.3 is 0 Å². The van der Waals surface area contributed by atoms with Gasteiger partial charge in [0, 0.05) is 17.6 Å². The second kappa shape index (κ2) is 8.39. The number of carbonyl (C=O) groups excluding carboxylic acids is 1. The minimum atomic E-state index is -0.215. The van der Waals surface area contributed by atoms with Crippen molar-refractivity contribution in [1.29, 1.82) is 0 Å². The van der Waals surface area contributed by atoms with Gasteiger partial charge in [-0.15, -0.1) is 0 Å². The number of aryl methyl sites for hydroxylation is 1. The van der Waals surface area contributed by atoms with Crippen molar-refractivity contribution in [1.82, 2.24) is 10.3 Å². The summed E-state index contributed by atoms with van der Waals surface area (Å²) in [6, 6.07) is 15.3. The fraction of sp³-hybridized carbons (Fsp3) is 0.200. The van der Waals surface area contributed by atoms with E-state index in [9.17, 15) is 4.79 Å². The van der Waals surface area contributed by atoms with Crippen LogP contribution in [0.15, 0.2) is 48.5 Å².